The number of carbonyl (C=O) groups excluding carboxylic acids is 1. The minimum absolute atomic E-state index is 0.0373. The van der Waals surface area contributed by atoms with Gasteiger partial charge in [0.2, 0.25) is 5.91 Å². The molecular formula is C24H28N2O3. The van der Waals surface area contributed by atoms with E-state index in [1.165, 1.54) is 5.56 Å². The zero-order valence-corrected chi connectivity index (χ0v) is 16.9. The molecule has 2 aromatic rings. The molecule has 0 spiro atoms. The number of amides is 1. The van der Waals surface area contributed by atoms with Crippen molar-refractivity contribution in [1.82, 2.24) is 9.80 Å². The van der Waals surface area contributed by atoms with E-state index in [9.17, 15) is 4.79 Å². The van der Waals surface area contributed by atoms with E-state index in [2.05, 4.69) is 35.7 Å². The molecule has 3 rings (SSSR count). The second-order valence-electron chi connectivity index (χ2n) is 6.93. The molecule has 0 aromatic heterocycles. The topological polar surface area (TPSA) is 42.0 Å². The Hall–Kier alpha value is -3.05. The molecule has 152 valence electrons. The Morgan fingerprint density at radius 2 is 1.83 bits per heavy atom. The zero-order valence-electron chi connectivity index (χ0n) is 16.9. The van der Waals surface area contributed by atoms with Gasteiger partial charge < -0.3 is 14.4 Å². The van der Waals surface area contributed by atoms with Gasteiger partial charge in [-0.25, -0.2) is 0 Å². The molecule has 0 unspecified atom stereocenters. The molecule has 29 heavy (non-hydrogen) atoms. The fourth-order valence-corrected chi connectivity index (χ4v) is 3.30. The fourth-order valence-electron chi connectivity index (χ4n) is 3.30. The van der Waals surface area contributed by atoms with E-state index in [1.807, 2.05) is 35.2 Å². The molecule has 1 fully saturated rings. The highest BCUT2D eigenvalue weighted by molar-refractivity contribution is 5.92. The number of carbonyl (C=O) groups is 1. The summed E-state index contributed by atoms with van der Waals surface area (Å²) in [6, 6.07) is 16.0. The van der Waals surface area contributed by atoms with Crippen molar-refractivity contribution in [3.05, 3.63) is 78.4 Å². The molecule has 5 nitrogen and oxygen atoms in total. The van der Waals surface area contributed by atoms with Crippen molar-refractivity contribution in [2.75, 3.05) is 39.9 Å². The first-order valence-electron chi connectivity index (χ1n) is 9.84. The van der Waals surface area contributed by atoms with Crippen LogP contribution in [0.15, 0.2) is 67.3 Å². The Labute approximate surface area is 172 Å². The van der Waals surface area contributed by atoms with Crippen LogP contribution < -0.4 is 9.47 Å². The molecule has 1 amide bonds. The van der Waals surface area contributed by atoms with E-state index in [0.717, 1.165) is 38.3 Å². The molecule has 1 aliphatic rings. The SMILES string of the molecule is C=CCOc1ccc(/C=C/C(=O)N2CCN(Cc3ccccc3)CC2)cc1OC. The molecule has 0 atom stereocenters. The van der Waals surface area contributed by atoms with Crippen molar-refractivity contribution >= 4 is 12.0 Å². The Morgan fingerprint density at radius 3 is 2.52 bits per heavy atom. The first-order valence-corrected chi connectivity index (χ1v) is 9.84. The van der Waals surface area contributed by atoms with E-state index >= 15 is 0 Å². The number of benzene rings is 2. The molecule has 1 aliphatic heterocycles. The summed E-state index contributed by atoms with van der Waals surface area (Å²) in [5, 5.41) is 0. The van der Waals surface area contributed by atoms with Crippen molar-refractivity contribution in [2.45, 2.75) is 6.54 Å². The molecule has 0 N–H and O–H groups in total. The lowest BCUT2D eigenvalue weighted by Gasteiger charge is -2.34. The average Bonchev–Trinajstić information content (AvgIpc) is 2.77. The number of methoxy groups -OCH3 is 1. The summed E-state index contributed by atoms with van der Waals surface area (Å²) in [7, 11) is 1.60. The van der Waals surface area contributed by atoms with Gasteiger partial charge in [0.1, 0.15) is 6.61 Å². The van der Waals surface area contributed by atoms with Gasteiger partial charge in [-0.2, -0.15) is 0 Å². The van der Waals surface area contributed by atoms with Crippen LogP contribution in [0.4, 0.5) is 0 Å². The standard InChI is InChI=1S/C24H28N2O3/c1-3-17-29-22-11-9-20(18-23(22)28-2)10-12-24(27)26-15-13-25(14-16-26)19-21-7-5-4-6-8-21/h3-12,18H,1,13-17,19H2,2H3/b12-10+. The van der Waals surface area contributed by atoms with Gasteiger partial charge in [-0.15, -0.1) is 0 Å². The number of rotatable bonds is 8. The maximum absolute atomic E-state index is 12.6. The minimum atomic E-state index is 0.0373. The lowest BCUT2D eigenvalue weighted by molar-refractivity contribution is -0.127. The van der Waals surface area contributed by atoms with E-state index < -0.39 is 0 Å². The van der Waals surface area contributed by atoms with Crippen LogP contribution in [-0.2, 0) is 11.3 Å². The summed E-state index contributed by atoms with van der Waals surface area (Å²) in [5.74, 6) is 1.33. The summed E-state index contributed by atoms with van der Waals surface area (Å²) >= 11 is 0. The number of hydrogen-bond acceptors (Lipinski definition) is 4. The minimum Gasteiger partial charge on any atom is -0.493 e. The lowest BCUT2D eigenvalue weighted by atomic mass is 10.1. The smallest absolute Gasteiger partial charge is 0.246 e. The van der Waals surface area contributed by atoms with Crippen LogP contribution in [0.2, 0.25) is 0 Å². The molecule has 1 saturated heterocycles. The largest absolute Gasteiger partial charge is 0.493 e. The van der Waals surface area contributed by atoms with Gasteiger partial charge in [-0.1, -0.05) is 49.1 Å². The summed E-state index contributed by atoms with van der Waals surface area (Å²) in [6.07, 6.45) is 5.13. The van der Waals surface area contributed by atoms with Crippen LogP contribution >= 0.6 is 0 Å². The van der Waals surface area contributed by atoms with Gasteiger partial charge >= 0.3 is 0 Å². The third-order valence-electron chi connectivity index (χ3n) is 4.90. The van der Waals surface area contributed by atoms with E-state index in [1.54, 1.807) is 19.3 Å². The third kappa shape index (κ3) is 5.96. The first kappa shape index (κ1) is 20.7. The van der Waals surface area contributed by atoms with Gasteiger partial charge in [-0.05, 0) is 29.3 Å². The normalized spacial score (nSPS) is 14.7. The van der Waals surface area contributed by atoms with Crippen LogP contribution in [0.5, 0.6) is 11.5 Å². The van der Waals surface area contributed by atoms with Crippen LogP contribution in [-0.4, -0.2) is 55.6 Å². The fraction of sp³-hybridized carbons (Fsp3) is 0.292. The average molecular weight is 392 g/mol. The van der Waals surface area contributed by atoms with Gasteiger partial charge in [-0.3, -0.25) is 9.69 Å². The van der Waals surface area contributed by atoms with Gasteiger partial charge in [0.05, 0.1) is 7.11 Å². The summed E-state index contributed by atoms with van der Waals surface area (Å²) in [5.41, 5.74) is 2.20. The Kier molecular flexibility index (Phi) is 7.47. The predicted molar refractivity (Wildman–Crippen MR) is 116 cm³/mol. The van der Waals surface area contributed by atoms with Crippen molar-refractivity contribution < 1.29 is 14.3 Å². The lowest BCUT2D eigenvalue weighted by Crippen LogP contribution is -2.47. The maximum Gasteiger partial charge on any atom is 0.246 e. The molecule has 0 radical (unpaired) electrons. The number of ether oxygens (including phenoxy) is 2. The highest BCUT2D eigenvalue weighted by atomic mass is 16.5. The highest BCUT2D eigenvalue weighted by Gasteiger charge is 2.19. The second kappa shape index (κ2) is 10.5. The van der Waals surface area contributed by atoms with Gasteiger partial charge in [0.25, 0.3) is 0 Å². The molecule has 0 saturated carbocycles. The molecule has 0 bridgehead atoms. The van der Waals surface area contributed by atoms with Crippen LogP contribution in [0.3, 0.4) is 0 Å². The third-order valence-corrected chi connectivity index (χ3v) is 4.90. The Bertz CT molecular complexity index is 840. The van der Waals surface area contributed by atoms with Gasteiger partial charge in [0.15, 0.2) is 11.5 Å². The van der Waals surface area contributed by atoms with Crippen molar-refractivity contribution in [2.24, 2.45) is 0 Å². The summed E-state index contributed by atoms with van der Waals surface area (Å²) < 4.78 is 10.9. The first-order chi connectivity index (χ1) is 14.2. The Morgan fingerprint density at radius 1 is 1.07 bits per heavy atom. The zero-order chi connectivity index (χ0) is 20.5. The quantitative estimate of drug-likeness (QED) is 0.508. The number of nitrogens with zero attached hydrogens (tertiary/aromatic N) is 2. The van der Waals surface area contributed by atoms with Crippen molar-refractivity contribution in [3.63, 3.8) is 0 Å². The highest BCUT2D eigenvalue weighted by Crippen LogP contribution is 2.28. The number of piperazine rings is 1. The monoisotopic (exact) mass is 392 g/mol. The molecule has 1 heterocycles. The summed E-state index contributed by atoms with van der Waals surface area (Å²) in [4.78, 5) is 16.8. The van der Waals surface area contributed by atoms with Gasteiger partial charge in [0, 0.05) is 38.8 Å². The van der Waals surface area contributed by atoms with Crippen molar-refractivity contribution in [1.29, 1.82) is 0 Å². The predicted octanol–water partition coefficient (Wildman–Crippen LogP) is 3.62. The van der Waals surface area contributed by atoms with Crippen LogP contribution in [0.25, 0.3) is 6.08 Å². The summed E-state index contributed by atoms with van der Waals surface area (Å²) in [6.45, 7) is 8.25. The Balaban J connectivity index is 1.52. The molecule has 0 aliphatic carbocycles. The second-order valence-corrected chi connectivity index (χ2v) is 6.93. The molecule has 5 heteroatoms. The number of hydrogen-bond donors (Lipinski definition) is 0. The van der Waals surface area contributed by atoms with Crippen LogP contribution in [0, 0.1) is 0 Å². The van der Waals surface area contributed by atoms with E-state index in [4.69, 9.17) is 9.47 Å². The van der Waals surface area contributed by atoms with Crippen molar-refractivity contribution in [3.8, 4) is 11.5 Å². The molecule has 2 aromatic carbocycles. The van der Waals surface area contributed by atoms with E-state index in [-0.39, 0.29) is 5.91 Å². The molecular weight excluding hydrogens is 364 g/mol. The maximum atomic E-state index is 12.6. The van der Waals surface area contributed by atoms with Crippen LogP contribution in [0.1, 0.15) is 11.1 Å². The van der Waals surface area contributed by atoms with E-state index in [0.29, 0.717) is 18.1 Å².